The highest BCUT2D eigenvalue weighted by molar-refractivity contribution is 5.98. The maximum Gasteiger partial charge on any atom is 0.253 e. The predicted octanol–water partition coefficient (Wildman–Crippen LogP) is 2.77. The number of ether oxygens (including phenoxy) is 1. The summed E-state index contributed by atoms with van der Waals surface area (Å²) in [5, 5.41) is 4.00. The SMILES string of the molecule is COc1ccc2cc(C(=O)NC[C@@H](C)N3CCCC3)c(C)nc2c1. The highest BCUT2D eigenvalue weighted by Gasteiger charge is 2.19. The molecule has 5 heteroatoms. The van der Waals surface area contributed by atoms with Crippen LogP contribution in [0.5, 0.6) is 5.75 Å². The summed E-state index contributed by atoms with van der Waals surface area (Å²) in [6.07, 6.45) is 2.52. The number of likely N-dealkylation sites (tertiary alicyclic amines) is 1. The van der Waals surface area contributed by atoms with Gasteiger partial charge in [0.1, 0.15) is 5.75 Å². The molecule has 1 aliphatic heterocycles. The van der Waals surface area contributed by atoms with Crippen molar-refractivity contribution in [2.75, 3.05) is 26.7 Å². The molecule has 0 spiro atoms. The number of hydrogen-bond acceptors (Lipinski definition) is 4. The molecule has 1 N–H and O–H groups in total. The van der Waals surface area contributed by atoms with Crippen molar-refractivity contribution in [3.63, 3.8) is 0 Å². The first-order valence-electron chi connectivity index (χ1n) is 8.56. The maximum atomic E-state index is 12.6. The Morgan fingerprint density at radius 2 is 2.08 bits per heavy atom. The van der Waals surface area contributed by atoms with E-state index in [0.29, 0.717) is 18.2 Å². The number of nitrogens with one attached hydrogen (secondary N) is 1. The minimum Gasteiger partial charge on any atom is -0.497 e. The minimum absolute atomic E-state index is 0.0521. The first-order valence-corrected chi connectivity index (χ1v) is 8.56. The molecule has 128 valence electrons. The van der Waals surface area contributed by atoms with Crippen molar-refractivity contribution < 1.29 is 9.53 Å². The molecule has 1 amide bonds. The van der Waals surface area contributed by atoms with Gasteiger partial charge in [-0.2, -0.15) is 0 Å². The number of carbonyl (C=O) groups is 1. The molecule has 1 aliphatic rings. The van der Waals surface area contributed by atoms with Crippen LogP contribution in [-0.2, 0) is 0 Å². The van der Waals surface area contributed by atoms with Crippen molar-refractivity contribution in [3.05, 3.63) is 35.5 Å². The Labute approximate surface area is 143 Å². The van der Waals surface area contributed by atoms with E-state index in [2.05, 4.69) is 22.1 Å². The Balaban J connectivity index is 1.73. The van der Waals surface area contributed by atoms with E-state index in [1.807, 2.05) is 31.2 Å². The Morgan fingerprint density at radius 3 is 2.79 bits per heavy atom. The Bertz CT molecular complexity index is 739. The minimum atomic E-state index is -0.0521. The fraction of sp³-hybridized carbons (Fsp3) is 0.474. The lowest BCUT2D eigenvalue weighted by molar-refractivity contribution is 0.0939. The van der Waals surface area contributed by atoms with Gasteiger partial charge in [-0.05, 0) is 58.0 Å². The van der Waals surface area contributed by atoms with Gasteiger partial charge in [-0.15, -0.1) is 0 Å². The largest absolute Gasteiger partial charge is 0.497 e. The zero-order chi connectivity index (χ0) is 17.1. The number of amides is 1. The Kier molecular flexibility index (Phi) is 5.00. The molecule has 2 heterocycles. The molecule has 1 aromatic carbocycles. The summed E-state index contributed by atoms with van der Waals surface area (Å²) in [7, 11) is 1.64. The maximum absolute atomic E-state index is 12.6. The van der Waals surface area contributed by atoms with Gasteiger partial charge in [-0.1, -0.05) is 0 Å². The van der Waals surface area contributed by atoms with E-state index >= 15 is 0 Å². The van der Waals surface area contributed by atoms with Gasteiger partial charge in [-0.25, -0.2) is 0 Å². The van der Waals surface area contributed by atoms with Crippen LogP contribution in [0.15, 0.2) is 24.3 Å². The summed E-state index contributed by atoms with van der Waals surface area (Å²) in [4.78, 5) is 19.5. The summed E-state index contributed by atoms with van der Waals surface area (Å²) in [6, 6.07) is 7.99. The summed E-state index contributed by atoms with van der Waals surface area (Å²) >= 11 is 0. The van der Waals surface area contributed by atoms with E-state index in [1.54, 1.807) is 7.11 Å². The molecule has 0 radical (unpaired) electrons. The highest BCUT2D eigenvalue weighted by Crippen LogP contribution is 2.21. The number of pyridine rings is 1. The molecule has 0 saturated carbocycles. The van der Waals surface area contributed by atoms with Crippen LogP contribution in [0.3, 0.4) is 0 Å². The van der Waals surface area contributed by atoms with E-state index in [9.17, 15) is 4.79 Å². The molecule has 1 fully saturated rings. The topological polar surface area (TPSA) is 54.5 Å². The number of benzene rings is 1. The quantitative estimate of drug-likeness (QED) is 0.917. The molecule has 2 aromatic rings. The Hall–Kier alpha value is -2.14. The van der Waals surface area contributed by atoms with Crippen LogP contribution in [0.25, 0.3) is 10.9 Å². The molecular weight excluding hydrogens is 302 g/mol. The van der Waals surface area contributed by atoms with Crippen LogP contribution in [0, 0.1) is 6.92 Å². The second-order valence-electron chi connectivity index (χ2n) is 6.48. The second kappa shape index (κ2) is 7.18. The fourth-order valence-electron chi connectivity index (χ4n) is 3.25. The van der Waals surface area contributed by atoms with Crippen molar-refractivity contribution in [3.8, 4) is 5.75 Å². The number of aryl methyl sites for hydroxylation is 1. The lowest BCUT2D eigenvalue weighted by atomic mass is 10.1. The van der Waals surface area contributed by atoms with E-state index in [4.69, 9.17) is 4.74 Å². The van der Waals surface area contributed by atoms with E-state index in [0.717, 1.165) is 35.4 Å². The van der Waals surface area contributed by atoms with Crippen LogP contribution >= 0.6 is 0 Å². The fourth-order valence-corrected chi connectivity index (χ4v) is 3.25. The molecule has 24 heavy (non-hydrogen) atoms. The molecular formula is C19H25N3O2. The number of nitrogens with zero attached hydrogens (tertiary/aromatic N) is 2. The molecule has 1 aromatic heterocycles. The number of fused-ring (bicyclic) bond motifs is 1. The van der Waals surface area contributed by atoms with Crippen LogP contribution < -0.4 is 10.1 Å². The molecule has 3 rings (SSSR count). The Morgan fingerprint density at radius 1 is 1.33 bits per heavy atom. The normalized spacial score (nSPS) is 16.3. The smallest absolute Gasteiger partial charge is 0.253 e. The van der Waals surface area contributed by atoms with Crippen molar-refractivity contribution in [2.24, 2.45) is 0 Å². The van der Waals surface area contributed by atoms with E-state index in [1.165, 1.54) is 12.8 Å². The van der Waals surface area contributed by atoms with Crippen LogP contribution in [0.4, 0.5) is 0 Å². The summed E-state index contributed by atoms with van der Waals surface area (Å²) in [6.45, 7) is 6.98. The molecule has 0 aliphatic carbocycles. The third-order valence-electron chi connectivity index (χ3n) is 4.78. The summed E-state index contributed by atoms with van der Waals surface area (Å²) < 4.78 is 5.23. The number of hydrogen-bond donors (Lipinski definition) is 1. The van der Waals surface area contributed by atoms with Gasteiger partial charge in [0.15, 0.2) is 0 Å². The standard InChI is InChI=1S/C19H25N3O2/c1-13(22-8-4-5-9-22)12-20-19(23)17-10-15-6-7-16(24-3)11-18(15)21-14(17)2/h6-7,10-11,13H,4-5,8-9,12H2,1-3H3,(H,20,23)/t13-/m1/s1. The molecule has 0 bridgehead atoms. The summed E-state index contributed by atoms with van der Waals surface area (Å²) in [5.74, 6) is 0.717. The molecule has 5 nitrogen and oxygen atoms in total. The van der Waals surface area contributed by atoms with Crippen molar-refractivity contribution in [1.29, 1.82) is 0 Å². The van der Waals surface area contributed by atoms with Crippen molar-refractivity contribution in [2.45, 2.75) is 32.7 Å². The first-order chi connectivity index (χ1) is 11.6. The van der Waals surface area contributed by atoms with E-state index < -0.39 is 0 Å². The third kappa shape index (κ3) is 3.51. The van der Waals surface area contributed by atoms with Crippen LogP contribution in [-0.4, -0.2) is 48.6 Å². The molecule has 1 atom stereocenters. The van der Waals surface area contributed by atoms with Crippen molar-refractivity contribution in [1.82, 2.24) is 15.2 Å². The first kappa shape index (κ1) is 16.7. The zero-order valence-electron chi connectivity index (χ0n) is 14.6. The van der Waals surface area contributed by atoms with Gasteiger partial charge in [0.2, 0.25) is 0 Å². The van der Waals surface area contributed by atoms with Gasteiger partial charge in [0, 0.05) is 24.0 Å². The third-order valence-corrected chi connectivity index (χ3v) is 4.78. The monoisotopic (exact) mass is 327 g/mol. The average Bonchev–Trinajstić information content (AvgIpc) is 3.12. The van der Waals surface area contributed by atoms with Gasteiger partial charge >= 0.3 is 0 Å². The lowest BCUT2D eigenvalue weighted by Gasteiger charge is -2.24. The number of carbonyl (C=O) groups excluding carboxylic acids is 1. The van der Waals surface area contributed by atoms with E-state index in [-0.39, 0.29) is 5.91 Å². The van der Waals surface area contributed by atoms with Crippen LogP contribution in [0.1, 0.15) is 35.8 Å². The van der Waals surface area contributed by atoms with Crippen LogP contribution in [0.2, 0.25) is 0 Å². The molecule has 0 unspecified atom stereocenters. The van der Waals surface area contributed by atoms with Gasteiger partial charge < -0.3 is 10.1 Å². The lowest BCUT2D eigenvalue weighted by Crippen LogP contribution is -2.40. The number of rotatable bonds is 5. The number of methoxy groups -OCH3 is 1. The predicted molar refractivity (Wildman–Crippen MR) is 95.6 cm³/mol. The van der Waals surface area contributed by atoms with Gasteiger partial charge in [0.05, 0.1) is 23.9 Å². The second-order valence-corrected chi connectivity index (χ2v) is 6.48. The van der Waals surface area contributed by atoms with Gasteiger partial charge in [-0.3, -0.25) is 14.7 Å². The van der Waals surface area contributed by atoms with Gasteiger partial charge in [0.25, 0.3) is 5.91 Å². The number of aromatic nitrogens is 1. The average molecular weight is 327 g/mol. The summed E-state index contributed by atoms with van der Waals surface area (Å²) in [5.41, 5.74) is 2.22. The zero-order valence-corrected chi connectivity index (χ0v) is 14.6. The highest BCUT2D eigenvalue weighted by atomic mass is 16.5. The molecule has 1 saturated heterocycles. The van der Waals surface area contributed by atoms with Crippen molar-refractivity contribution >= 4 is 16.8 Å².